The molecule has 5 nitrogen and oxygen atoms in total. The number of hydrogen-bond acceptors (Lipinski definition) is 4. The van der Waals surface area contributed by atoms with Gasteiger partial charge in [-0.1, -0.05) is 12.8 Å². The Kier molecular flexibility index (Phi) is 2.95. The minimum Gasteiger partial charge on any atom is -0.304 e. The summed E-state index contributed by atoms with van der Waals surface area (Å²) in [5.74, 6) is 1.85. The molecule has 0 spiro atoms. The highest BCUT2D eigenvalue weighted by Gasteiger charge is 2.34. The van der Waals surface area contributed by atoms with Gasteiger partial charge in [-0.15, -0.1) is 10.2 Å². The van der Waals surface area contributed by atoms with E-state index in [1.165, 1.54) is 32.1 Å². The summed E-state index contributed by atoms with van der Waals surface area (Å²) >= 11 is 0. The standard InChI is InChI=1S/C15H21N5/c1-10-6-9-14-17-18-15(20(14)19-10)13-8-7-11-4-2-3-5-12(11)16-13/h6,9,11-13,16H,2-5,7-8H2,1H3. The summed E-state index contributed by atoms with van der Waals surface area (Å²) in [5.41, 5.74) is 1.85. The highest BCUT2D eigenvalue weighted by Crippen LogP contribution is 2.36. The van der Waals surface area contributed by atoms with Crippen LogP contribution in [-0.4, -0.2) is 25.9 Å². The third-order valence-corrected chi connectivity index (χ3v) is 4.88. The lowest BCUT2D eigenvalue weighted by Crippen LogP contribution is -2.45. The molecule has 0 radical (unpaired) electrons. The number of nitrogens with one attached hydrogen (secondary N) is 1. The Morgan fingerprint density at radius 2 is 2.00 bits per heavy atom. The first-order valence-corrected chi connectivity index (χ1v) is 7.76. The summed E-state index contributed by atoms with van der Waals surface area (Å²) in [4.78, 5) is 0. The lowest BCUT2D eigenvalue weighted by molar-refractivity contribution is 0.172. The average molecular weight is 271 g/mol. The van der Waals surface area contributed by atoms with Gasteiger partial charge in [0.1, 0.15) is 0 Å². The Morgan fingerprint density at radius 3 is 2.95 bits per heavy atom. The monoisotopic (exact) mass is 271 g/mol. The van der Waals surface area contributed by atoms with Crippen molar-refractivity contribution in [1.29, 1.82) is 0 Å². The molecule has 5 heteroatoms. The normalized spacial score (nSPS) is 30.4. The fourth-order valence-electron chi connectivity index (χ4n) is 3.81. The van der Waals surface area contributed by atoms with E-state index in [0.29, 0.717) is 12.1 Å². The highest BCUT2D eigenvalue weighted by atomic mass is 15.4. The van der Waals surface area contributed by atoms with E-state index in [1.54, 1.807) is 0 Å². The first-order chi connectivity index (χ1) is 9.81. The molecule has 1 N–H and O–H groups in total. The van der Waals surface area contributed by atoms with Crippen molar-refractivity contribution >= 4 is 5.65 Å². The summed E-state index contributed by atoms with van der Waals surface area (Å²) in [5, 5.41) is 17.0. The SMILES string of the molecule is Cc1ccc2nnc(C3CCC4CCCCC4N3)n2n1. The van der Waals surface area contributed by atoms with Crippen LogP contribution in [0, 0.1) is 12.8 Å². The van der Waals surface area contributed by atoms with Gasteiger partial charge in [-0.25, -0.2) is 0 Å². The van der Waals surface area contributed by atoms with Crippen LogP contribution in [0.4, 0.5) is 0 Å². The van der Waals surface area contributed by atoms with E-state index in [0.717, 1.165) is 29.5 Å². The quantitative estimate of drug-likeness (QED) is 0.865. The zero-order chi connectivity index (χ0) is 13.5. The highest BCUT2D eigenvalue weighted by molar-refractivity contribution is 5.36. The van der Waals surface area contributed by atoms with Crippen LogP contribution in [0.1, 0.15) is 56.1 Å². The average Bonchev–Trinajstić information content (AvgIpc) is 2.89. The van der Waals surface area contributed by atoms with Crippen LogP contribution < -0.4 is 5.32 Å². The van der Waals surface area contributed by atoms with Crippen LogP contribution in [0.2, 0.25) is 0 Å². The molecule has 2 aliphatic rings. The van der Waals surface area contributed by atoms with E-state index in [1.807, 2.05) is 23.6 Å². The van der Waals surface area contributed by atoms with Crippen molar-refractivity contribution < 1.29 is 0 Å². The Hall–Kier alpha value is -1.49. The van der Waals surface area contributed by atoms with Gasteiger partial charge in [0, 0.05) is 6.04 Å². The molecule has 0 bridgehead atoms. The number of hydrogen-bond donors (Lipinski definition) is 1. The van der Waals surface area contributed by atoms with Crippen molar-refractivity contribution in [1.82, 2.24) is 25.1 Å². The third kappa shape index (κ3) is 2.00. The molecule has 2 aromatic rings. The van der Waals surface area contributed by atoms with Crippen LogP contribution in [0.3, 0.4) is 0 Å². The molecule has 4 rings (SSSR count). The number of nitrogens with zero attached hydrogens (tertiary/aromatic N) is 4. The minimum atomic E-state index is 0.304. The fraction of sp³-hybridized carbons (Fsp3) is 0.667. The van der Waals surface area contributed by atoms with Crippen molar-refractivity contribution in [3.8, 4) is 0 Å². The van der Waals surface area contributed by atoms with Crippen LogP contribution in [0.15, 0.2) is 12.1 Å². The van der Waals surface area contributed by atoms with Crippen molar-refractivity contribution in [2.75, 3.05) is 0 Å². The minimum absolute atomic E-state index is 0.304. The van der Waals surface area contributed by atoms with Gasteiger partial charge < -0.3 is 5.32 Å². The van der Waals surface area contributed by atoms with Gasteiger partial charge in [0.05, 0.1) is 11.7 Å². The molecule has 1 saturated heterocycles. The van der Waals surface area contributed by atoms with E-state index >= 15 is 0 Å². The number of piperidine rings is 1. The molecule has 20 heavy (non-hydrogen) atoms. The molecule has 1 aliphatic carbocycles. The topological polar surface area (TPSA) is 55.1 Å². The van der Waals surface area contributed by atoms with Gasteiger partial charge in [0.25, 0.3) is 0 Å². The Balaban J connectivity index is 1.64. The van der Waals surface area contributed by atoms with Gasteiger partial charge in [0.2, 0.25) is 0 Å². The van der Waals surface area contributed by atoms with Crippen LogP contribution in [-0.2, 0) is 0 Å². The van der Waals surface area contributed by atoms with E-state index in [4.69, 9.17) is 0 Å². The predicted molar refractivity (Wildman–Crippen MR) is 76.4 cm³/mol. The Labute approximate surface area is 118 Å². The predicted octanol–water partition coefficient (Wildman–Crippen LogP) is 2.42. The Bertz CT molecular complexity index is 620. The van der Waals surface area contributed by atoms with E-state index in [9.17, 15) is 0 Å². The van der Waals surface area contributed by atoms with Gasteiger partial charge in [-0.3, -0.25) is 0 Å². The van der Waals surface area contributed by atoms with Gasteiger partial charge >= 0.3 is 0 Å². The van der Waals surface area contributed by atoms with E-state index < -0.39 is 0 Å². The molecule has 1 aliphatic heterocycles. The maximum absolute atomic E-state index is 4.57. The summed E-state index contributed by atoms with van der Waals surface area (Å²) in [6.07, 6.45) is 7.92. The summed E-state index contributed by atoms with van der Waals surface area (Å²) < 4.78 is 1.91. The van der Waals surface area contributed by atoms with Gasteiger partial charge in [-0.05, 0) is 50.7 Å². The van der Waals surface area contributed by atoms with Gasteiger partial charge in [-0.2, -0.15) is 9.61 Å². The largest absolute Gasteiger partial charge is 0.304 e. The summed E-state index contributed by atoms with van der Waals surface area (Å²) in [6.45, 7) is 2.01. The van der Waals surface area contributed by atoms with Crippen molar-refractivity contribution in [3.63, 3.8) is 0 Å². The first kappa shape index (κ1) is 12.3. The molecule has 3 unspecified atom stereocenters. The zero-order valence-corrected chi connectivity index (χ0v) is 11.9. The summed E-state index contributed by atoms with van der Waals surface area (Å²) in [7, 11) is 0. The third-order valence-electron chi connectivity index (χ3n) is 4.88. The second-order valence-corrected chi connectivity index (χ2v) is 6.25. The molecule has 2 aromatic heterocycles. The van der Waals surface area contributed by atoms with Crippen molar-refractivity contribution in [3.05, 3.63) is 23.7 Å². The molecule has 1 saturated carbocycles. The zero-order valence-electron chi connectivity index (χ0n) is 11.9. The second-order valence-electron chi connectivity index (χ2n) is 6.25. The van der Waals surface area contributed by atoms with Crippen LogP contribution in [0.25, 0.3) is 5.65 Å². The van der Waals surface area contributed by atoms with Crippen LogP contribution in [0.5, 0.6) is 0 Å². The molecule has 3 heterocycles. The number of aryl methyl sites for hydroxylation is 1. The van der Waals surface area contributed by atoms with Crippen molar-refractivity contribution in [2.45, 2.75) is 57.5 Å². The molecular formula is C15H21N5. The maximum Gasteiger partial charge on any atom is 0.177 e. The van der Waals surface area contributed by atoms with Crippen LogP contribution >= 0.6 is 0 Å². The first-order valence-electron chi connectivity index (χ1n) is 7.76. The number of rotatable bonds is 1. The maximum atomic E-state index is 4.57. The fourth-order valence-corrected chi connectivity index (χ4v) is 3.81. The molecule has 2 fully saturated rings. The number of fused-ring (bicyclic) bond motifs is 2. The molecular weight excluding hydrogens is 250 g/mol. The molecule has 0 amide bonds. The molecule has 0 aromatic carbocycles. The smallest absolute Gasteiger partial charge is 0.177 e. The number of aromatic nitrogens is 4. The van der Waals surface area contributed by atoms with E-state index in [2.05, 4.69) is 20.6 Å². The van der Waals surface area contributed by atoms with Crippen molar-refractivity contribution in [2.24, 2.45) is 5.92 Å². The van der Waals surface area contributed by atoms with Gasteiger partial charge in [0.15, 0.2) is 11.5 Å². The Morgan fingerprint density at radius 1 is 1.10 bits per heavy atom. The lowest BCUT2D eigenvalue weighted by atomic mass is 9.77. The second kappa shape index (κ2) is 4.81. The summed E-state index contributed by atoms with van der Waals surface area (Å²) in [6, 6.07) is 4.95. The molecule has 106 valence electrons. The molecule has 3 atom stereocenters. The van der Waals surface area contributed by atoms with E-state index in [-0.39, 0.29) is 0 Å². The lowest BCUT2D eigenvalue weighted by Gasteiger charge is -2.39.